The molecule has 0 unspecified atom stereocenters. The van der Waals surface area contributed by atoms with Crippen LogP contribution in [0.5, 0.6) is 0 Å². The number of sulfonamides is 1. The lowest BCUT2D eigenvalue weighted by atomic mass is 10.2. The number of aromatic nitrogens is 2. The minimum Gasteiger partial charge on any atom is -0.299 e. The maximum absolute atomic E-state index is 13.4. The van der Waals surface area contributed by atoms with E-state index < -0.39 is 22.5 Å². The number of halogens is 1. The van der Waals surface area contributed by atoms with Crippen molar-refractivity contribution in [2.45, 2.75) is 30.0 Å². The van der Waals surface area contributed by atoms with Crippen LogP contribution in [0.1, 0.15) is 19.4 Å². The van der Waals surface area contributed by atoms with Gasteiger partial charge in [0.05, 0.1) is 10.6 Å². The van der Waals surface area contributed by atoms with Crippen LogP contribution in [0, 0.1) is 12.8 Å². The van der Waals surface area contributed by atoms with Gasteiger partial charge in [0.2, 0.25) is 11.0 Å². The molecule has 1 heterocycles. The Morgan fingerprint density at radius 1 is 1.19 bits per heavy atom. The summed E-state index contributed by atoms with van der Waals surface area (Å²) in [6.07, 6.45) is 0. The van der Waals surface area contributed by atoms with Crippen LogP contribution in [0.3, 0.4) is 0 Å². The molecular weight excluding hydrogens is 488 g/mol. The molecule has 3 aromatic rings. The van der Waals surface area contributed by atoms with Gasteiger partial charge in [0.15, 0.2) is 4.34 Å². The standard InChI is InChI=1S/C21H23ClN4O3S3/c1-14(2)13-30-21-25-24-20(31-21)23-19(27)12-26(18-10-9-16(22)11-15(18)3)32(28,29)17-7-5-4-6-8-17/h4-11,14H,12-13H2,1-3H3,(H,23,24,27). The Labute approximate surface area is 201 Å². The molecule has 1 aromatic heterocycles. The van der Waals surface area contributed by atoms with Gasteiger partial charge in [-0.25, -0.2) is 8.42 Å². The van der Waals surface area contributed by atoms with Gasteiger partial charge in [0.25, 0.3) is 10.0 Å². The highest BCUT2D eigenvalue weighted by Gasteiger charge is 2.28. The first kappa shape index (κ1) is 24.5. The predicted octanol–water partition coefficient (Wildman–Crippen LogP) is 5.08. The Hall–Kier alpha value is -2.14. The first-order chi connectivity index (χ1) is 15.2. The lowest BCUT2D eigenvalue weighted by molar-refractivity contribution is -0.114. The van der Waals surface area contributed by atoms with Crippen LogP contribution < -0.4 is 9.62 Å². The third-order valence-corrected chi connectivity index (χ3v) is 8.65. The van der Waals surface area contributed by atoms with Crippen LogP contribution in [-0.4, -0.2) is 36.8 Å². The minimum absolute atomic E-state index is 0.0884. The van der Waals surface area contributed by atoms with E-state index in [1.807, 2.05) is 0 Å². The van der Waals surface area contributed by atoms with E-state index in [0.29, 0.717) is 27.3 Å². The Balaban J connectivity index is 1.85. The molecule has 0 fully saturated rings. The number of carbonyl (C=O) groups is 1. The van der Waals surface area contributed by atoms with Crippen molar-refractivity contribution >= 4 is 61.4 Å². The summed E-state index contributed by atoms with van der Waals surface area (Å²) in [6, 6.07) is 12.8. The van der Waals surface area contributed by atoms with E-state index in [1.165, 1.54) is 23.5 Å². The number of hydrogen-bond donors (Lipinski definition) is 1. The molecule has 170 valence electrons. The van der Waals surface area contributed by atoms with Crippen molar-refractivity contribution in [3.8, 4) is 0 Å². The average Bonchev–Trinajstić information content (AvgIpc) is 3.19. The molecule has 0 radical (unpaired) electrons. The van der Waals surface area contributed by atoms with Gasteiger partial charge in [-0.2, -0.15) is 0 Å². The van der Waals surface area contributed by atoms with Gasteiger partial charge in [-0.15, -0.1) is 10.2 Å². The smallest absolute Gasteiger partial charge is 0.264 e. The molecule has 0 aliphatic carbocycles. The molecule has 0 saturated carbocycles. The van der Waals surface area contributed by atoms with Gasteiger partial charge in [-0.3, -0.25) is 14.4 Å². The molecule has 0 spiro atoms. The molecule has 0 saturated heterocycles. The van der Waals surface area contributed by atoms with Gasteiger partial charge in [-0.05, 0) is 48.7 Å². The summed E-state index contributed by atoms with van der Waals surface area (Å²) < 4.78 is 28.6. The van der Waals surface area contributed by atoms with E-state index in [1.54, 1.807) is 55.1 Å². The highest BCUT2D eigenvalue weighted by atomic mass is 35.5. The van der Waals surface area contributed by atoms with Crippen LogP contribution in [0.4, 0.5) is 10.8 Å². The van der Waals surface area contributed by atoms with E-state index in [4.69, 9.17) is 11.6 Å². The van der Waals surface area contributed by atoms with Crippen molar-refractivity contribution in [1.29, 1.82) is 0 Å². The number of nitrogens with zero attached hydrogens (tertiary/aromatic N) is 3. The molecule has 11 heteroatoms. The van der Waals surface area contributed by atoms with Crippen LogP contribution in [-0.2, 0) is 14.8 Å². The number of anilines is 2. The number of thioether (sulfide) groups is 1. The number of nitrogens with one attached hydrogen (secondary N) is 1. The first-order valence-electron chi connectivity index (χ1n) is 9.77. The zero-order valence-electron chi connectivity index (χ0n) is 17.8. The molecular formula is C21H23ClN4O3S3. The fraction of sp³-hybridized carbons (Fsp3) is 0.286. The van der Waals surface area contributed by atoms with E-state index in [9.17, 15) is 13.2 Å². The number of carbonyl (C=O) groups excluding carboxylic acids is 1. The summed E-state index contributed by atoms with van der Waals surface area (Å²) >= 11 is 8.88. The Bertz CT molecular complexity index is 1180. The Morgan fingerprint density at radius 2 is 1.91 bits per heavy atom. The molecule has 0 aliphatic heterocycles. The molecule has 7 nitrogen and oxygen atoms in total. The van der Waals surface area contributed by atoms with Gasteiger partial charge < -0.3 is 0 Å². The average molecular weight is 511 g/mol. The first-order valence-corrected chi connectivity index (χ1v) is 13.4. The summed E-state index contributed by atoms with van der Waals surface area (Å²) in [5.41, 5.74) is 1.01. The maximum Gasteiger partial charge on any atom is 0.264 e. The summed E-state index contributed by atoms with van der Waals surface area (Å²) in [5, 5.41) is 11.5. The summed E-state index contributed by atoms with van der Waals surface area (Å²) in [4.78, 5) is 12.9. The Morgan fingerprint density at radius 3 is 2.56 bits per heavy atom. The van der Waals surface area contributed by atoms with Crippen molar-refractivity contribution in [2.24, 2.45) is 5.92 Å². The van der Waals surface area contributed by atoms with E-state index in [0.717, 1.165) is 14.4 Å². The van der Waals surface area contributed by atoms with Gasteiger partial charge in [0, 0.05) is 10.8 Å². The molecule has 1 N–H and O–H groups in total. The summed E-state index contributed by atoms with van der Waals surface area (Å²) in [7, 11) is -4.00. The van der Waals surface area contributed by atoms with Gasteiger partial charge in [-0.1, -0.05) is 66.7 Å². The lowest BCUT2D eigenvalue weighted by Crippen LogP contribution is -2.38. The number of amides is 1. The molecule has 0 aliphatic rings. The van der Waals surface area contributed by atoms with Crippen molar-refractivity contribution in [2.75, 3.05) is 21.9 Å². The van der Waals surface area contributed by atoms with Crippen molar-refractivity contribution in [3.63, 3.8) is 0 Å². The van der Waals surface area contributed by atoms with Gasteiger partial charge in [0.1, 0.15) is 6.54 Å². The monoisotopic (exact) mass is 510 g/mol. The summed E-state index contributed by atoms with van der Waals surface area (Å²) in [5.74, 6) is 0.873. The second-order valence-electron chi connectivity index (χ2n) is 7.38. The number of hydrogen-bond acceptors (Lipinski definition) is 7. The second-order valence-corrected chi connectivity index (χ2v) is 11.9. The van der Waals surface area contributed by atoms with Gasteiger partial charge >= 0.3 is 0 Å². The lowest BCUT2D eigenvalue weighted by Gasteiger charge is -2.25. The van der Waals surface area contributed by atoms with E-state index >= 15 is 0 Å². The number of aryl methyl sites for hydroxylation is 1. The summed E-state index contributed by atoms with van der Waals surface area (Å²) in [6.45, 7) is 5.54. The Kier molecular flexibility index (Phi) is 8.16. The van der Waals surface area contributed by atoms with Crippen LogP contribution in [0.2, 0.25) is 5.02 Å². The van der Waals surface area contributed by atoms with Crippen molar-refractivity contribution < 1.29 is 13.2 Å². The molecule has 2 aromatic carbocycles. The van der Waals surface area contributed by atoms with E-state index in [-0.39, 0.29) is 4.90 Å². The van der Waals surface area contributed by atoms with Crippen molar-refractivity contribution in [3.05, 3.63) is 59.1 Å². The fourth-order valence-electron chi connectivity index (χ4n) is 2.76. The quantitative estimate of drug-likeness (QED) is 0.318. The van der Waals surface area contributed by atoms with Crippen LogP contribution in [0.25, 0.3) is 0 Å². The highest BCUT2D eigenvalue weighted by molar-refractivity contribution is 8.01. The normalized spacial score (nSPS) is 11.5. The zero-order chi connectivity index (χ0) is 23.3. The third kappa shape index (κ3) is 6.22. The molecule has 3 rings (SSSR count). The highest BCUT2D eigenvalue weighted by Crippen LogP contribution is 2.30. The topological polar surface area (TPSA) is 92.3 Å². The number of benzene rings is 2. The van der Waals surface area contributed by atoms with Crippen LogP contribution >= 0.6 is 34.7 Å². The largest absolute Gasteiger partial charge is 0.299 e. The van der Waals surface area contributed by atoms with Crippen molar-refractivity contribution in [1.82, 2.24) is 10.2 Å². The molecule has 1 amide bonds. The second kappa shape index (κ2) is 10.7. The third-order valence-electron chi connectivity index (χ3n) is 4.24. The maximum atomic E-state index is 13.4. The minimum atomic E-state index is -4.00. The zero-order valence-corrected chi connectivity index (χ0v) is 21.0. The SMILES string of the molecule is Cc1cc(Cl)ccc1N(CC(=O)Nc1nnc(SCC(C)C)s1)S(=O)(=O)c1ccccc1. The van der Waals surface area contributed by atoms with Crippen LogP contribution in [0.15, 0.2) is 57.8 Å². The number of rotatable bonds is 9. The molecule has 32 heavy (non-hydrogen) atoms. The van der Waals surface area contributed by atoms with E-state index in [2.05, 4.69) is 29.4 Å². The fourth-order valence-corrected chi connectivity index (χ4v) is 6.24. The molecule has 0 bridgehead atoms. The predicted molar refractivity (Wildman–Crippen MR) is 131 cm³/mol. The molecule has 0 atom stereocenters.